The number of ether oxygens (including phenoxy) is 2. The molecule has 2 aromatic carbocycles. The van der Waals surface area contributed by atoms with Crippen molar-refractivity contribution in [1.82, 2.24) is 5.43 Å². The zero-order chi connectivity index (χ0) is 22.3. The number of hydrazone groups is 1. The van der Waals surface area contributed by atoms with E-state index in [1.807, 2.05) is 0 Å². The standard InChI is InChI=1S/C18H20N4O7S/c1-28-15-7-8-17(29-2)16(10-15)21(30(3,26)27)12-18(23)20-19-11-13-5-4-6-14(9-13)22(24)25/h4-11H,12H2,1-3H3,(H,20,23). The number of hydrogen-bond donors (Lipinski definition) is 1. The Morgan fingerprint density at radius 1 is 1.23 bits per heavy atom. The first-order valence-corrected chi connectivity index (χ1v) is 10.3. The van der Waals surface area contributed by atoms with E-state index in [-0.39, 0.29) is 17.1 Å². The van der Waals surface area contributed by atoms with Crippen LogP contribution in [-0.2, 0) is 14.8 Å². The summed E-state index contributed by atoms with van der Waals surface area (Å²) >= 11 is 0. The molecule has 0 unspecified atom stereocenters. The first-order valence-electron chi connectivity index (χ1n) is 8.42. The molecule has 0 aliphatic heterocycles. The summed E-state index contributed by atoms with van der Waals surface area (Å²) in [6.45, 7) is -0.575. The molecule has 0 saturated carbocycles. The molecular formula is C18H20N4O7S. The zero-order valence-corrected chi connectivity index (χ0v) is 17.3. The Morgan fingerprint density at radius 2 is 1.97 bits per heavy atom. The maximum absolute atomic E-state index is 12.3. The molecule has 30 heavy (non-hydrogen) atoms. The smallest absolute Gasteiger partial charge is 0.270 e. The molecule has 0 spiro atoms. The molecule has 2 aromatic rings. The van der Waals surface area contributed by atoms with Crippen molar-refractivity contribution in [2.24, 2.45) is 5.10 Å². The van der Waals surface area contributed by atoms with Gasteiger partial charge in [-0.2, -0.15) is 5.10 Å². The van der Waals surface area contributed by atoms with E-state index in [4.69, 9.17) is 9.47 Å². The fourth-order valence-corrected chi connectivity index (χ4v) is 3.29. The molecule has 1 amide bonds. The van der Waals surface area contributed by atoms with Crippen LogP contribution in [0.3, 0.4) is 0 Å². The molecular weight excluding hydrogens is 416 g/mol. The second-order valence-corrected chi connectivity index (χ2v) is 7.86. The third-order valence-electron chi connectivity index (χ3n) is 3.83. The molecule has 1 N–H and O–H groups in total. The van der Waals surface area contributed by atoms with Crippen LogP contribution in [-0.4, -0.2) is 52.5 Å². The van der Waals surface area contributed by atoms with Crippen LogP contribution in [0, 0.1) is 10.1 Å². The number of methoxy groups -OCH3 is 2. The van der Waals surface area contributed by atoms with Gasteiger partial charge in [0.05, 0.1) is 37.3 Å². The maximum atomic E-state index is 12.3. The van der Waals surface area contributed by atoms with Gasteiger partial charge < -0.3 is 9.47 Å². The number of sulfonamides is 1. The normalized spacial score (nSPS) is 11.2. The lowest BCUT2D eigenvalue weighted by molar-refractivity contribution is -0.384. The van der Waals surface area contributed by atoms with Gasteiger partial charge in [0.15, 0.2) is 0 Å². The van der Waals surface area contributed by atoms with Crippen molar-refractivity contribution in [2.75, 3.05) is 31.3 Å². The third-order valence-corrected chi connectivity index (χ3v) is 4.95. The molecule has 0 fully saturated rings. The van der Waals surface area contributed by atoms with Crippen LogP contribution in [0.4, 0.5) is 11.4 Å². The molecule has 12 heteroatoms. The van der Waals surface area contributed by atoms with Gasteiger partial charge in [-0.1, -0.05) is 12.1 Å². The Hall–Kier alpha value is -3.67. The minimum absolute atomic E-state index is 0.122. The van der Waals surface area contributed by atoms with Crippen LogP contribution >= 0.6 is 0 Å². The lowest BCUT2D eigenvalue weighted by atomic mass is 10.2. The van der Waals surface area contributed by atoms with Gasteiger partial charge >= 0.3 is 0 Å². The number of benzene rings is 2. The van der Waals surface area contributed by atoms with E-state index in [1.165, 1.54) is 50.8 Å². The highest BCUT2D eigenvalue weighted by atomic mass is 32.2. The number of carbonyl (C=O) groups is 1. The van der Waals surface area contributed by atoms with Gasteiger partial charge in [0, 0.05) is 23.8 Å². The van der Waals surface area contributed by atoms with E-state index in [0.29, 0.717) is 11.3 Å². The minimum atomic E-state index is -3.85. The summed E-state index contributed by atoms with van der Waals surface area (Å²) in [5.41, 5.74) is 2.58. The molecule has 160 valence electrons. The number of nitro groups is 1. The molecule has 2 rings (SSSR count). The predicted octanol–water partition coefficient (Wildman–Crippen LogP) is 1.53. The average molecular weight is 436 g/mol. The number of amides is 1. The van der Waals surface area contributed by atoms with Crippen molar-refractivity contribution in [3.8, 4) is 11.5 Å². The Bertz CT molecular complexity index is 1070. The number of rotatable bonds is 9. The van der Waals surface area contributed by atoms with Crippen LogP contribution in [0.1, 0.15) is 5.56 Å². The Kier molecular flexibility index (Phi) is 7.31. The molecule has 0 radical (unpaired) electrons. The monoisotopic (exact) mass is 436 g/mol. The maximum Gasteiger partial charge on any atom is 0.270 e. The SMILES string of the molecule is COc1ccc(OC)c(N(CC(=O)NN=Cc2cccc([N+](=O)[O-])c2)S(C)(=O)=O)c1. The second-order valence-electron chi connectivity index (χ2n) is 5.95. The van der Waals surface area contributed by atoms with Crippen LogP contribution in [0.2, 0.25) is 0 Å². The highest BCUT2D eigenvalue weighted by molar-refractivity contribution is 7.92. The number of hydrogen-bond acceptors (Lipinski definition) is 8. The quantitative estimate of drug-likeness (QED) is 0.357. The zero-order valence-electron chi connectivity index (χ0n) is 16.4. The summed E-state index contributed by atoms with van der Waals surface area (Å²) in [5.74, 6) is -0.121. The van der Waals surface area contributed by atoms with Gasteiger partial charge in [-0.15, -0.1) is 0 Å². The van der Waals surface area contributed by atoms with Crippen molar-refractivity contribution < 1.29 is 27.6 Å². The second kappa shape index (κ2) is 9.69. The molecule has 11 nitrogen and oxygen atoms in total. The Morgan fingerprint density at radius 3 is 2.57 bits per heavy atom. The molecule has 0 aromatic heterocycles. The number of non-ortho nitro benzene ring substituents is 1. The minimum Gasteiger partial charge on any atom is -0.497 e. The predicted molar refractivity (Wildman–Crippen MR) is 111 cm³/mol. The highest BCUT2D eigenvalue weighted by Crippen LogP contribution is 2.33. The number of nitro benzene ring substituents is 1. The van der Waals surface area contributed by atoms with E-state index in [0.717, 1.165) is 10.6 Å². The Balaban J connectivity index is 2.19. The molecule has 0 aliphatic rings. The third kappa shape index (κ3) is 5.91. The number of anilines is 1. The van der Waals surface area contributed by atoms with Gasteiger partial charge in [0.2, 0.25) is 10.0 Å². The number of carbonyl (C=O) groups excluding carboxylic acids is 1. The number of nitrogens with one attached hydrogen (secondary N) is 1. The van der Waals surface area contributed by atoms with Crippen molar-refractivity contribution >= 4 is 33.5 Å². The fraction of sp³-hybridized carbons (Fsp3) is 0.222. The van der Waals surface area contributed by atoms with E-state index in [9.17, 15) is 23.3 Å². The van der Waals surface area contributed by atoms with Crippen molar-refractivity contribution in [1.29, 1.82) is 0 Å². The van der Waals surface area contributed by atoms with Crippen LogP contribution < -0.4 is 19.2 Å². The summed E-state index contributed by atoms with van der Waals surface area (Å²) in [6, 6.07) is 10.2. The molecule has 0 bridgehead atoms. The Labute approximate surface area is 173 Å². The van der Waals surface area contributed by atoms with Gasteiger partial charge in [0.25, 0.3) is 11.6 Å². The fourth-order valence-electron chi connectivity index (χ4n) is 2.44. The first kappa shape index (κ1) is 22.6. The average Bonchev–Trinajstić information content (AvgIpc) is 2.71. The van der Waals surface area contributed by atoms with E-state index in [2.05, 4.69) is 10.5 Å². The summed E-state index contributed by atoms with van der Waals surface area (Å²) in [5, 5.41) is 14.5. The molecule has 0 saturated heterocycles. The lowest BCUT2D eigenvalue weighted by Gasteiger charge is -2.23. The van der Waals surface area contributed by atoms with E-state index < -0.39 is 27.4 Å². The molecule has 0 aliphatic carbocycles. The van der Waals surface area contributed by atoms with Gasteiger partial charge in [0.1, 0.15) is 18.0 Å². The van der Waals surface area contributed by atoms with Crippen LogP contribution in [0.25, 0.3) is 0 Å². The topological polar surface area (TPSA) is 140 Å². The van der Waals surface area contributed by atoms with Gasteiger partial charge in [-0.3, -0.25) is 19.2 Å². The van der Waals surface area contributed by atoms with E-state index in [1.54, 1.807) is 12.1 Å². The summed E-state index contributed by atoms with van der Waals surface area (Å²) < 4.78 is 35.7. The van der Waals surface area contributed by atoms with Crippen molar-refractivity contribution in [3.63, 3.8) is 0 Å². The number of nitrogens with zero attached hydrogens (tertiary/aromatic N) is 3. The molecule has 0 atom stereocenters. The summed E-state index contributed by atoms with van der Waals surface area (Å²) in [7, 11) is -1.06. The van der Waals surface area contributed by atoms with Crippen molar-refractivity contribution in [2.45, 2.75) is 0 Å². The van der Waals surface area contributed by atoms with Crippen molar-refractivity contribution in [3.05, 3.63) is 58.1 Å². The highest BCUT2D eigenvalue weighted by Gasteiger charge is 2.24. The van der Waals surface area contributed by atoms with Crippen LogP contribution in [0.15, 0.2) is 47.6 Å². The van der Waals surface area contributed by atoms with E-state index >= 15 is 0 Å². The molecule has 0 heterocycles. The van der Waals surface area contributed by atoms with Crippen LogP contribution in [0.5, 0.6) is 11.5 Å². The lowest BCUT2D eigenvalue weighted by Crippen LogP contribution is -2.39. The van der Waals surface area contributed by atoms with Gasteiger partial charge in [-0.05, 0) is 12.1 Å². The summed E-state index contributed by atoms with van der Waals surface area (Å²) in [4.78, 5) is 22.5. The first-order chi connectivity index (χ1) is 14.2. The largest absolute Gasteiger partial charge is 0.497 e. The summed E-state index contributed by atoms with van der Waals surface area (Å²) in [6.07, 6.45) is 2.16. The van der Waals surface area contributed by atoms with Gasteiger partial charge in [-0.25, -0.2) is 13.8 Å².